The Morgan fingerprint density at radius 3 is 1.17 bits per heavy atom. The minimum absolute atomic E-state index is 0.0857. The minimum atomic E-state index is -0.214. The normalized spacial score (nSPS) is 19.2. The largest absolute Gasteiger partial charge is 0.377 e. The average Bonchev–Trinajstić information content (AvgIpc) is 3.09. The van der Waals surface area contributed by atoms with Crippen molar-refractivity contribution < 1.29 is 19.2 Å². The molecule has 2 aliphatic heterocycles. The number of rotatable bonds is 4. The van der Waals surface area contributed by atoms with Crippen molar-refractivity contribution in [2.24, 2.45) is 0 Å². The summed E-state index contributed by atoms with van der Waals surface area (Å²) in [6, 6.07) is 11.6. The molecule has 2 aliphatic carbocycles. The van der Waals surface area contributed by atoms with Crippen molar-refractivity contribution in [3.05, 3.63) is 58.7 Å². The first-order valence-corrected chi connectivity index (χ1v) is 17.6. The fourth-order valence-corrected chi connectivity index (χ4v) is 9.51. The molecule has 0 spiro atoms. The Morgan fingerprint density at radius 1 is 0.458 bits per heavy atom. The Morgan fingerprint density at radius 2 is 0.812 bits per heavy atom. The van der Waals surface area contributed by atoms with Gasteiger partial charge in [-0.15, -0.1) is 0 Å². The lowest BCUT2D eigenvalue weighted by atomic mass is 9.80. The van der Waals surface area contributed by atoms with Crippen LogP contribution in [0.25, 0.3) is 43.1 Å². The number of amides is 4. The highest BCUT2D eigenvalue weighted by Gasteiger charge is 2.42. The van der Waals surface area contributed by atoms with Crippen molar-refractivity contribution in [2.45, 2.75) is 76.3 Å². The maximum Gasteiger partial charge on any atom is 0.261 e. The van der Waals surface area contributed by atoms with Crippen LogP contribution in [0, 0.1) is 0 Å². The summed E-state index contributed by atoms with van der Waals surface area (Å²) >= 11 is 0. The van der Waals surface area contributed by atoms with Crippen LogP contribution < -0.4 is 9.80 Å². The van der Waals surface area contributed by atoms with Gasteiger partial charge in [-0.05, 0) is 60.7 Å². The zero-order valence-electron chi connectivity index (χ0n) is 28.1. The highest BCUT2D eigenvalue weighted by Crippen LogP contribution is 2.52. The Hall–Kier alpha value is -4.72. The predicted octanol–water partition coefficient (Wildman–Crippen LogP) is 7.73. The second kappa shape index (κ2) is 10.4. The molecule has 0 unspecified atom stereocenters. The Labute approximate surface area is 279 Å². The third-order valence-electron chi connectivity index (χ3n) is 11.7. The molecule has 0 radical (unpaired) electrons. The lowest BCUT2D eigenvalue weighted by Gasteiger charge is -2.38. The first kappa shape index (κ1) is 29.4. The van der Waals surface area contributed by atoms with Crippen molar-refractivity contribution in [3.63, 3.8) is 0 Å². The van der Waals surface area contributed by atoms with E-state index < -0.39 is 0 Å². The van der Waals surface area contributed by atoms with Crippen LogP contribution in [0.2, 0.25) is 0 Å². The second-order valence-corrected chi connectivity index (χ2v) is 14.8. The molecule has 5 aromatic rings. The van der Waals surface area contributed by atoms with Crippen LogP contribution in [0.15, 0.2) is 36.4 Å². The summed E-state index contributed by atoms with van der Waals surface area (Å²) in [5.41, 5.74) is 4.00. The van der Waals surface area contributed by atoms with Crippen LogP contribution in [0.4, 0.5) is 11.4 Å². The summed E-state index contributed by atoms with van der Waals surface area (Å²) in [4.78, 5) is 64.4. The van der Waals surface area contributed by atoms with Gasteiger partial charge in [-0.25, -0.2) is 0 Å². The van der Waals surface area contributed by atoms with Gasteiger partial charge < -0.3 is 9.80 Å². The van der Waals surface area contributed by atoms with Gasteiger partial charge in [-0.1, -0.05) is 50.7 Å². The van der Waals surface area contributed by atoms with Crippen molar-refractivity contribution in [1.29, 1.82) is 0 Å². The van der Waals surface area contributed by atoms with Crippen LogP contribution in [0.1, 0.15) is 106 Å². The Balaban J connectivity index is 1.40. The third-order valence-corrected chi connectivity index (χ3v) is 11.7. The quantitative estimate of drug-likeness (QED) is 0.114. The van der Waals surface area contributed by atoms with Gasteiger partial charge in [-0.3, -0.25) is 29.0 Å². The van der Waals surface area contributed by atoms with Crippen LogP contribution in [0.5, 0.6) is 0 Å². The van der Waals surface area contributed by atoms with Crippen molar-refractivity contribution in [1.82, 2.24) is 9.80 Å². The van der Waals surface area contributed by atoms with E-state index in [1.165, 1.54) is 0 Å². The number of carbonyl (C=O) groups is 4. The molecule has 0 bridgehead atoms. The molecule has 0 N–H and O–H groups in total. The lowest BCUT2D eigenvalue weighted by Crippen LogP contribution is -2.48. The molecule has 8 nitrogen and oxygen atoms in total. The van der Waals surface area contributed by atoms with E-state index in [0.29, 0.717) is 33.0 Å². The highest BCUT2D eigenvalue weighted by molar-refractivity contribution is 6.44. The monoisotopic (exact) mass is 640 g/mol. The van der Waals surface area contributed by atoms with E-state index in [-0.39, 0.29) is 35.7 Å². The number of anilines is 2. The van der Waals surface area contributed by atoms with Gasteiger partial charge in [0.05, 0.1) is 11.1 Å². The zero-order valence-corrected chi connectivity index (χ0v) is 28.1. The first-order chi connectivity index (χ1) is 23.2. The summed E-state index contributed by atoms with van der Waals surface area (Å²) in [6.07, 6.45) is 9.72. The number of benzene rings is 5. The molecular formula is C40H40N4O4. The van der Waals surface area contributed by atoms with E-state index in [1.807, 2.05) is 74.4 Å². The molecule has 2 heterocycles. The number of hydrogen-bond acceptors (Lipinski definition) is 6. The minimum Gasteiger partial charge on any atom is -0.377 e. The molecule has 4 amide bonds. The smallest absolute Gasteiger partial charge is 0.261 e. The van der Waals surface area contributed by atoms with Crippen molar-refractivity contribution in [2.75, 3.05) is 38.0 Å². The third kappa shape index (κ3) is 3.77. The van der Waals surface area contributed by atoms with Crippen LogP contribution in [0.3, 0.4) is 0 Å². The van der Waals surface area contributed by atoms with E-state index in [0.717, 1.165) is 108 Å². The fraction of sp³-hybridized carbons (Fsp3) is 0.400. The van der Waals surface area contributed by atoms with Crippen LogP contribution in [-0.2, 0) is 0 Å². The Kier molecular flexibility index (Phi) is 6.37. The van der Waals surface area contributed by atoms with Crippen molar-refractivity contribution in [3.8, 4) is 0 Å². The molecule has 0 atom stereocenters. The van der Waals surface area contributed by atoms with Crippen LogP contribution in [-0.4, -0.2) is 73.7 Å². The van der Waals surface area contributed by atoms with Gasteiger partial charge in [0.15, 0.2) is 0 Å². The van der Waals surface area contributed by atoms with Gasteiger partial charge in [0.25, 0.3) is 23.6 Å². The van der Waals surface area contributed by atoms with E-state index in [1.54, 1.807) is 9.80 Å². The second-order valence-electron chi connectivity index (χ2n) is 14.8. The molecule has 4 aliphatic rings. The van der Waals surface area contributed by atoms with E-state index >= 15 is 0 Å². The number of nitrogens with zero attached hydrogens (tertiary/aromatic N) is 4. The predicted molar refractivity (Wildman–Crippen MR) is 191 cm³/mol. The highest BCUT2D eigenvalue weighted by atomic mass is 16.2. The number of imide groups is 2. The molecule has 244 valence electrons. The molecule has 2 saturated carbocycles. The molecule has 2 fully saturated rings. The topological polar surface area (TPSA) is 81.2 Å². The molecule has 5 aromatic carbocycles. The van der Waals surface area contributed by atoms with Crippen molar-refractivity contribution >= 4 is 78.1 Å². The maximum atomic E-state index is 14.4. The molecule has 0 saturated heterocycles. The SMILES string of the molecule is CN(C)c1cc2c3c(ccc4c5c(N(C)C)cc6c7c(ccc(c1c34)c75)C(=O)N(C1CCCCC1)C6=O)C(=O)N(C1CCCCC1)C2=O. The van der Waals surface area contributed by atoms with Gasteiger partial charge in [0.2, 0.25) is 0 Å². The molecular weight excluding hydrogens is 600 g/mol. The van der Waals surface area contributed by atoms with Gasteiger partial charge in [0, 0.05) is 95.1 Å². The van der Waals surface area contributed by atoms with Gasteiger partial charge >= 0.3 is 0 Å². The summed E-state index contributed by atoms with van der Waals surface area (Å²) in [5.74, 6) is -0.849. The number of hydrogen-bond donors (Lipinski definition) is 0. The van der Waals surface area contributed by atoms with Gasteiger partial charge in [-0.2, -0.15) is 0 Å². The molecule has 48 heavy (non-hydrogen) atoms. The Bertz CT molecular complexity index is 2100. The zero-order chi connectivity index (χ0) is 33.2. The van der Waals surface area contributed by atoms with Crippen LogP contribution >= 0.6 is 0 Å². The summed E-state index contributed by atoms with van der Waals surface area (Å²) in [6.45, 7) is 0. The fourth-order valence-electron chi connectivity index (χ4n) is 9.51. The molecule has 9 rings (SSSR count). The average molecular weight is 641 g/mol. The maximum absolute atomic E-state index is 14.4. The van der Waals surface area contributed by atoms with E-state index in [4.69, 9.17) is 0 Å². The first-order valence-electron chi connectivity index (χ1n) is 17.6. The standard InChI is InChI=1S/C40H40N4O4/c1-41(2)29-19-27-31-25(37(45)43(39(27)47)21-11-7-5-8-12-21)18-16-24-34-30(42(3)4)20-28-32-26(17-15-23(36(32)34)33(29)35(24)31)38(46)44(40(28)48)22-13-9-6-10-14-22/h15-22H,5-14H2,1-4H3. The summed E-state index contributed by atoms with van der Waals surface area (Å²) < 4.78 is 0. The summed E-state index contributed by atoms with van der Waals surface area (Å²) in [5, 5.41) is 6.86. The van der Waals surface area contributed by atoms with Gasteiger partial charge in [0.1, 0.15) is 0 Å². The molecule has 0 aromatic heterocycles. The number of carbonyl (C=O) groups excluding carboxylic acids is 4. The summed E-state index contributed by atoms with van der Waals surface area (Å²) in [7, 11) is 7.91. The van der Waals surface area contributed by atoms with E-state index in [9.17, 15) is 19.2 Å². The van der Waals surface area contributed by atoms with E-state index in [2.05, 4.69) is 0 Å². The number of fused-ring (bicyclic) bond motifs is 2. The lowest BCUT2D eigenvalue weighted by molar-refractivity contribution is 0.0487. The molecule has 8 heteroatoms.